The predicted molar refractivity (Wildman–Crippen MR) is 72.3 cm³/mol. The Morgan fingerprint density at radius 1 is 1.56 bits per heavy atom. The number of aromatic nitrogens is 1. The number of halogens is 1. The van der Waals surface area contributed by atoms with E-state index >= 15 is 0 Å². The van der Waals surface area contributed by atoms with Crippen molar-refractivity contribution in [3.63, 3.8) is 0 Å². The van der Waals surface area contributed by atoms with Crippen molar-refractivity contribution in [2.24, 2.45) is 0 Å². The van der Waals surface area contributed by atoms with Crippen LogP contribution in [0.15, 0.2) is 18.3 Å². The number of rotatable bonds is 6. The molecule has 7 heteroatoms. The molecule has 0 bridgehead atoms. The van der Waals surface area contributed by atoms with Gasteiger partial charge < -0.3 is 5.32 Å². The number of pyridine rings is 1. The summed E-state index contributed by atoms with van der Waals surface area (Å²) in [6, 6.07) is 3.73. The van der Waals surface area contributed by atoms with Crippen LogP contribution in [0.3, 0.4) is 0 Å². The van der Waals surface area contributed by atoms with Crippen LogP contribution in [0.4, 0.5) is 5.82 Å². The average molecular weight is 290 g/mol. The molecule has 100 valence electrons. The summed E-state index contributed by atoms with van der Waals surface area (Å²) in [5, 5.41) is 2.95. The summed E-state index contributed by atoms with van der Waals surface area (Å²) in [5.41, 5.74) is 0. The quantitative estimate of drug-likeness (QED) is 0.835. The van der Waals surface area contributed by atoms with E-state index in [4.69, 9.17) is 11.6 Å². The topological polar surface area (TPSA) is 71.1 Å². The second-order valence-corrected chi connectivity index (χ2v) is 6.98. The van der Waals surface area contributed by atoms with Crippen molar-refractivity contribution >= 4 is 27.4 Å². The lowest BCUT2D eigenvalue weighted by Crippen LogP contribution is -2.35. The molecule has 2 rings (SSSR count). The maximum atomic E-state index is 12.0. The van der Waals surface area contributed by atoms with Crippen LogP contribution in [-0.4, -0.2) is 31.2 Å². The molecule has 1 aliphatic rings. The molecule has 1 fully saturated rings. The summed E-state index contributed by atoms with van der Waals surface area (Å²) in [5.74, 6) is 0.178. The van der Waals surface area contributed by atoms with Gasteiger partial charge in [-0.25, -0.2) is 13.4 Å². The lowest BCUT2D eigenvalue weighted by atomic mass is 10.4. The first kappa shape index (κ1) is 13.6. The molecule has 0 aliphatic heterocycles. The molecule has 2 N–H and O–H groups in total. The second-order valence-electron chi connectivity index (χ2n) is 4.47. The molecule has 1 aromatic rings. The van der Waals surface area contributed by atoms with Crippen LogP contribution >= 0.6 is 11.6 Å². The number of sulfonamides is 1. The molecule has 1 aromatic heterocycles. The SMILES string of the molecule is CC(CNC1CC1)S(=O)(=O)Nc1ncccc1Cl. The summed E-state index contributed by atoms with van der Waals surface area (Å²) in [6.45, 7) is 2.10. The zero-order valence-corrected chi connectivity index (χ0v) is 11.6. The lowest BCUT2D eigenvalue weighted by Gasteiger charge is -2.15. The molecule has 1 saturated carbocycles. The van der Waals surface area contributed by atoms with Crippen LogP contribution in [-0.2, 0) is 10.0 Å². The Morgan fingerprint density at radius 2 is 2.28 bits per heavy atom. The highest BCUT2D eigenvalue weighted by Gasteiger charge is 2.26. The van der Waals surface area contributed by atoms with Gasteiger partial charge in [0.2, 0.25) is 10.0 Å². The van der Waals surface area contributed by atoms with Gasteiger partial charge in [0.25, 0.3) is 0 Å². The Labute approximate surface area is 112 Å². The van der Waals surface area contributed by atoms with E-state index in [1.54, 1.807) is 19.1 Å². The first-order valence-corrected chi connectivity index (χ1v) is 7.77. The van der Waals surface area contributed by atoms with Crippen LogP contribution in [0.1, 0.15) is 19.8 Å². The Hall–Kier alpha value is -0.850. The zero-order chi connectivity index (χ0) is 13.2. The van der Waals surface area contributed by atoms with Gasteiger partial charge in [-0.3, -0.25) is 4.72 Å². The smallest absolute Gasteiger partial charge is 0.237 e. The number of nitrogens with zero attached hydrogens (tertiary/aromatic N) is 1. The molecule has 18 heavy (non-hydrogen) atoms. The monoisotopic (exact) mass is 289 g/mol. The van der Waals surface area contributed by atoms with Crippen LogP contribution < -0.4 is 10.0 Å². The molecule has 0 amide bonds. The van der Waals surface area contributed by atoms with E-state index in [9.17, 15) is 8.42 Å². The molecular formula is C11H16ClN3O2S. The largest absolute Gasteiger partial charge is 0.313 e. The van der Waals surface area contributed by atoms with Crippen molar-refractivity contribution in [3.8, 4) is 0 Å². The molecular weight excluding hydrogens is 274 g/mol. The molecule has 0 saturated heterocycles. The maximum Gasteiger partial charge on any atom is 0.237 e. The van der Waals surface area contributed by atoms with Crippen molar-refractivity contribution in [2.75, 3.05) is 11.3 Å². The number of anilines is 1. The molecule has 1 atom stereocenters. The fourth-order valence-corrected chi connectivity index (χ4v) is 2.60. The van der Waals surface area contributed by atoms with Gasteiger partial charge in [0, 0.05) is 18.8 Å². The highest BCUT2D eigenvalue weighted by Crippen LogP contribution is 2.21. The van der Waals surface area contributed by atoms with Crippen molar-refractivity contribution in [1.82, 2.24) is 10.3 Å². The molecule has 1 heterocycles. The fraction of sp³-hybridized carbons (Fsp3) is 0.545. The van der Waals surface area contributed by atoms with Gasteiger partial charge in [0.1, 0.15) is 0 Å². The first-order chi connectivity index (χ1) is 8.49. The minimum absolute atomic E-state index is 0.178. The maximum absolute atomic E-state index is 12.0. The van der Waals surface area contributed by atoms with E-state index in [1.165, 1.54) is 6.20 Å². The summed E-state index contributed by atoms with van der Waals surface area (Å²) in [6.07, 6.45) is 3.76. The van der Waals surface area contributed by atoms with E-state index in [0.29, 0.717) is 17.6 Å². The van der Waals surface area contributed by atoms with Gasteiger partial charge in [0.05, 0.1) is 10.3 Å². The number of hydrogen-bond donors (Lipinski definition) is 2. The highest BCUT2D eigenvalue weighted by atomic mass is 35.5. The van der Waals surface area contributed by atoms with Gasteiger partial charge in [-0.1, -0.05) is 11.6 Å². The molecule has 5 nitrogen and oxygen atoms in total. The van der Waals surface area contributed by atoms with Gasteiger partial charge in [-0.2, -0.15) is 0 Å². The molecule has 1 unspecified atom stereocenters. The molecule has 1 aliphatic carbocycles. The van der Waals surface area contributed by atoms with Crippen molar-refractivity contribution < 1.29 is 8.42 Å². The van der Waals surface area contributed by atoms with Gasteiger partial charge in [-0.05, 0) is 31.9 Å². The van der Waals surface area contributed by atoms with Crippen molar-refractivity contribution in [1.29, 1.82) is 0 Å². The van der Waals surface area contributed by atoms with Crippen LogP contribution in [0.25, 0.3) is 0 Å². The van der Waals surface area contributed by atoms with Crippen LogP contribution in [0.5, 0.6) is 0 Å². The normalized spacial score (nSPS) is 17.4. The summed E-state index contributed by atoms with van der Waals surface area (Å²) >= 11 is 5.87. The third kappa shape index (κ3) is 3.57. The minimum atomic E-state index is -3.46. The Bertz CT molecular complexity index is 517. The van der Waals surface area contributed by atoms with E-state index in [1.807, 2.05) is 0 Å². The first-order valence-electron chi connectivity index (χ1n) is 5.84. The summed E-state index contributed by atoms with van der Waals surface area (Å²) < 4.78 is 26.5. The highest BCUT2D eigenvalue weighted by molar-refractivity contribution is 7.93. The second kappa shape index (κ2) is 5.42. The van der Waals surface area contributed by atoms with E-state index < -0.39 is 15.3 Å². The molecule has 0 aromatic carbocycles. The number of nitrogens with one attached hydrogen (secondary N) is 2. The molecule has 0 spiro atoms. The zero-order valence-electron chi connectivity index (χ0n) is 10.1. The van der Waals surface area contributed by atoms with Gasteiger partial charge >= 0.3 is 0 Å². The lowest BCUT2D eigenvalue weighted by molar-refractivity contribution is 0.576. The standard InChI is InChI=1S/C11H16ClN3O2S/c1-8(7-14-9-4-5-9)18(16,17)15-11-10(12)3-2-6-13-11/h2-3,6,8-9,14H,4-5,7H2,1H3,(H,13,15). The van der Waals surface area contributed by atoms with Gasteiger partial charge in [-0.15, -0.1) is 0 Å². The average Bonchev–Trinajstić information content (AvgIpc) is 3.12. The number of hydrogen-bond acceptors (Lipinski definition) is 4. The third-order valence-corrected chi connectivity index (χ3v) is 4.81. The van der Waals surface area contributed by atoms with E-state index in [2.05, 4.69) is 15.0 Å². The molecule has 0 radical (unpaired) electrons. The van der Waals surface area contributed by atoms with E-state index in [0.717, 1.165) is 12.8 Å². The van der Waals surface area contributed by atoms with Crippen LogP contribution in [0, 0.1) is 0 Å². The third-order valence-electron chi connectivity index (χ3n) is 2.80. The Morgan fingerprint density at radius 3 is 2.89 bits per heavy atom. The summed E-state index contributed by atoms with van der Waals surface area (Å²) in [7, 11) is -3.46. The Kier molecular flexibility index (Phi) is 4.09. The van der Waals surface area contributed by atoms with E-state index in [-0.39, 0.29) is 5.82 Å². The van der Waals surface area contributed by atoms with Crippen LogP contribution in [0.2, 0.25) is 5.02 Å². The van der Waals surface area contributed by atoms with Gasteiger partial charge in [0.15, 0.2) is 5.82 Å². The Balaban J connectivity index is 1.99. The predicted octanol–water partition coefficient (Wildman–Crippen LogP) is 1.62. The van der Waals surface area contributed by atoms with Crippen molar-refractivity contribution in [2.45, 2.75) is 31.1 Å². The van der Waals surface area contributed by atoms with Crippen molar-refractivity contribution in [3.05, 3.63) is 23.4 Å². The fourth-order valence-electron chi connectivity index (χ4n) is 1.43. The minimum Gasteiger partial charge on any atom is -0.313 e. The summed E-state index contributed by atoms with van der Waals surface area (Å²) in [4.78, 5) is 3.91.